The molecule has 1 saturated heterocycles. The van der Waals surface area contributed by atoms with Gasteiger partial charge in [-0.3, -0.25) is 14.9 Å². The molecular formula is C13H13N3O3. The number of nitriles is 1. The van der Waals surface area contributed by atoms with Gasteiger partial charge >= 0.3 is 0 Å². The predicted octanol–water partition coefficient (Wildman–Crippen LogP) is 1.88. The third-order valence-corrected chi connectivity index (χ3v) is 3.32. The molecule has 0 radical (unpaired) electrons. The Balaban J connectivity index is 2.33. The van der Waals surface area contributed by atoms with Gasteiger partial charge in [0.15, 0.2) is 0 Å². The highest BCUT2D eigenvalue weighted by atomic mass is 16.6. The highest BCUT2D eigenvalue weighted by Gasteiger charge is 2.25. The standard InChI is InChI=1S/C13H13N3O3/c1-9-8-15(5-4-13(9)17)12-3-2-11(16(18)19)6-10(12)7-14/h2-3,6,9H,4-5,8H2,1H3. The number of carbonyl (C=O) groups excluding carboxylic acids is 1. The molecule has 1 heterocycles. The number of nitrogens with zero attached hydrogens (tertiary/aromatic N) is 3. The Kier molecular flexibility index (Phi) is 3.47. The van der Waals surface area contributed by atoms with Crippen molar-refractivity contribution in [3.05, 3.63) is 33.9 Å². The summed E-state index contributed by atoms with van der Waals surface area (Å²) >= 11 is 0. The van der Waals surface area contributed by atoms with Gasteiger partial charge in [0.1, 0.15) is 11.9 Å². The predicted molar refractivity (Wildman–Crippen MR) is 68.8 cm³/mol. The number of hydrogen-bond acceptors (Lipinski definition) is 5. The fraction of sp³-hybridized carbons (Fsp3) is 0.385. The van der Waals surface area contributed by atoms with Crippen LogP contribution >= 0.6 is 0 Å². The molecule has 98 valence electrons. The lowest BCUT2D eigenvalue weighted by Crippen LogP contribution is -2.39. The lowest BCUT2D eigenvalue weighted by Gasteiger charge is -2.32. The summed E-state index contributed by atoms with van der Waals surface area (Å²) in [6.45, 7) is 2.95. The molecule has 2 rings (SSSR count). The molecule has 1 aliphatic rings. The van der Waals surface area contributed by atoms with Gasteiger partial charge in [0.25, 0.3) is 5.69 Å². The van der Waals surface area contributed by atoms with Gasteiger partial charge < -0.3 is 4.90 Å². The van der Waals surface area contributed by atoms with Crippen molar-refractivity contribution in [3.63, 3.8) is 0 Å². The second-order valence-electron chi connectivity index (χ2n) is 4.63. The highest BCUT2D eigenvalue weighted by molar-refractivity contribution is 5.83. The Bertz CT molecular complexity index is 577. The number of ketones is 1. The molecule has 0 saturated carbocycles. The minimum atomic E-state index is -0.521. The average molecular weight is 259 g/mol. The highest BCUT2D eigenvalue weighted by Crippen LogP contribution is 2.27. The van der Waals surface area contributed by atoms with Crippen LogP contribution in [0.25, 0.3) is 0 Å². The molecule has 1 aromatic carbocycles. The Morgan fingerprint density at radius 1 is 1.53 bits per heavy atom. The van der Waals surface area contributed by atoms with E-state index in [4.69, 9.17) is 5.26 Å². The number of piperidine rings is 1. The molecule has 0 bridgehead atoms. The number of hydrogen-bond donors (Lipinski definition) is 0. The molecular weight excluding hydrogens is 246 g/mol. The van der Waals surface area contributed by atoms with Gasteiger partial charge in [-0.05, 0) is 6.07 Å². The second kappa shape index (κ2) is 5.06. The molecule has 0 aliphatic carbocycles. The SMILES string of the molecule is CC1CN(c2ccc([N+](=O)[O-])cc2C#N)CCC1=O. The number of rotatable bonds is 2. The number of non-ortho nitro benzene ring substituents is 1. The lowest BCUT2D eigenvalue weighted by molar-refractivity contribution is -0.384. The Hall–Kier alpha value is -2.42. The molecule has 0 N–H and O–H groups in total. The Morgan fingerprint density at radius 3 is 2.84 bits per heavy atom. The number of nitro groups is 1. The van der Waals surface area contributed by atoms with Crippen molar-refractivity contribution in [3.8, 4) is 6.07 Å². The van der Waals surface area contributed by atoms with Crippen LogP contribution in [0.3, 0.4) is 0 Å². The minimum absolute atomic E-state index is 0.0736. The van der Waals surface area contributed by atoms with E-state index in [1.54, 1.807) is 6.07 Å². The van der Waals surface area contributed by atoms with Crippen molar-refractivity contribution >= 4 is 17.2 Å². The van der Waals surface area contributed by atoms with Crippen molar-refractivity contribution in [1.29, 1.82) is 5.26 Å². The van der Waals surface area contributed by atoms with E-state index in [9.17, 15) is 14.9 Å². The molecule has 1 atom stereocenters. The van der Waals surface area contributed by atoms with E-state index in [2.05, 4.69) is 0 Å². The first-order chi connectivity index (χ1) is 9.02. The summed E-state index contributed by atoms with van der Waals surface area (Å²) in [5.74, 6) is 0.146. The summed E-state index contributed by atoms with van der Waals surface area (Å²) in [5.41, 5.74) is 0.838. The molecule has 1 aromatic rings. The molecule has 0 aromatic heterocycles. The van der Waals surface area contributed by atoms with Crippen LogP contribution in [0.2, 0.25) is 0 Å². The topological polar surface area (TPSA) is 87.2 Å². The van der Waals surface area contributed by atoms with Crippen molar-refractivity contribution < 1.29 is 9.72 Å². The van der Waals surface area contributed by atoms with Crippen LogP contribution in [0.15, 0.2) is 18.2 Å². The molecule has 6 heteroatoms. The van der Waals surface area contributed by atoms with Gasteiger partial charge in [-0.1, -0.05) is 6.92 Å². The third-order valence-electron chi connectivity index (χ3n) is 3.32. The van der Waals surface area contributed by atoms with E-state index in [0.717, 1.165) is 0 Å². The van der Waals surface area contributed by atoms with Crippen LogP contribution < -0.4 is 4.90 Å². The first-order valence-corrected chi connectivity index (χ1v) is 5.99. The second-order valence-corrected chi connectivity index (χ2v) is 4.63. The van der Waals surface area contributed by atoms with Crippen LogP contribution in [-0.2, 0) is 4.79 Å². The number of nitro benzene ring substituents is 1. The number of carbonyl (C=O) groups is 1. The molecule has 0 amide bonds. The van der Waals surface area contributed by atoms with Crippen molar-refractivity contribution in [2.24, 2.45) is 5.92 Å². The summed E-state index contributed by atoms with van der Waals surface area (Å²) < 4.78 is 0. The monoisotopic (exact) mass is 259 g/mol. The normalized spacial score (nSPS) is 19.1. The molecule has 1 fully saturated rings. The van der Waals surface area contributed by atoms with Crippen LogP contribution in [0.1, 0.15) is 18.9 Å². The van der Waals surface area contributed by atoms with Crippen LogP contribution in [0, 0.1) is 27.4 Å². The molecule has 6 nitrogen and oxygen atoms in total. The summed E-state index contributed by atoms with van der Waals surface area (Å²) in [5, 5.41) is 19.8. The lowest BCUT2D eigenvalue weighted by atomic mass is 9.97. The summed E-state index contributed by atoms with van der Waals surface area (Å²) in [7, 11) is 0. The van der Waals surface area contributed by atoms with E-state index < -0.39 is 4.92 Å². The zero-order valence-corrected chi connectivity index (χ0v) is 10.5. The van der Waals surface area contributed by atoms with E-state index in [1.165, 1.54) is 12.1 Å². The largest absolute Gasteiger partial charge is 0.369 e. The molecule has 1 unspecified atom stereocenters. The van der Waals surface area contributed by atoms with Gasteiger partial charge in [0.2, 0.25) is 0 Å². The van der Waals surface area contributed by atoms with Gasteiger partial charge in [0, 0.05) is 37.6 Å². The Morgan fingerprint density at radius 2 is 2.26 bits per heavy atom. The fourth-order valence-corrected chi connectivity index (χ4v) is 2.24. The minimum Gasteiger partial charge on any atom is -0.369 e. The maximum Gasteiger partial charge on any atom is 0.270 e. The van der Waals surface area contributed by atoms with Crippen molar-refractivity contribution in [1.82, 2.24) is 0 Å². The first kappa shape index (κ1) is 13.0. The maximum absolute atomic E-state index is 11.5. The van der Waals surface area contributed by atoms with Crippen LogP contribution in [0.4, 0.5) is 11.4 Å². The van der Waals surface area contributed by atoms with E-state index in [-0.39, 0.29) is 23.0 Å². The summed E-state index contributed by atoms with van der Waals surface area (Å²) in [6.07, 6.45) is 0.447. The molecule has 19 heavy (non-hydrogen) atoms. The maximum atomic E-state index is 11.5. The average Bonchev–Trinajstić information content (AvgIpc) is 2.41. The van der Waals surface area contributed by atoms with Crippen molar-refractivity contribution in [2.75, 3.05) is 18.0 Å². The zero-order valence-electron chi connectivity index (χ0n) is 10.5. The van der Waals surface area contributed by atoms with E-state index in [1.807, 2.05) is 17.9 Å². The quantitative estimate of drug-likeness (QED) is 0.597. The smallest absolute Gasteiger partial charge is 0.270 e. The van der Waals surface area contributed by atoms with Gasteiger partial charge in [-0.2, -0.15) is 5.26 Å². The fourth-order valence-electron chi connectivity index (χ4n) is 2.24. The molecule has 0 spiro atoms. The summed E-state index contributed by atoms with van der Waals surface area (Å²) in [4.78, 5) is 23.6. The van der Waals surface area contributed by atoms with Gasteiger partial charge in [-0.15, -0.1) is 0 Å². The number of Topliss-reactive ketones (excluding diaryl/α,β-unsaturated/α-hetero) is 1. The number of benzene rings is 1. The van der Waals surface area contributed by atoms with Gasteiger partial charge in [-0.25, -0.2) is 0 Å². The third kappa shape index (κ3) is 2.55. The van der Waals surface area contributed by atoms with E-state index in [0.29, 0.717) is 25.2 Å². The van der Waals surface area contributed by atoms with Crippen LogP contribution in [0.5, 0.6) is 0 Å². The van der Waals surface area contributed by atoms with Gasteiger partial charge in [0.05, 0.1) is 16.2 Å². The number of anilines is 1. The summed E-state index contributed by atoms with van der Waals surface area (Å²) in [6, 6.07) is 6.23. The first-order valence-electron chi connectivity index (χ1n) is 5.99. The zero-order chi connectivity index (χ0) is 14.0. The van der Waals surface area contributed by atoms with Crippen LogP contribution in [-0.4, -0.2) is 23.8 Å². The van der Waals surface area contributed by atoms with Crippen molar-refractivity contribution in [2.45, 2.75) is 13.3 Å². The van der Waals surface area contributed by atoms with E-state index >= 15 is 0 Å². The molecule has 1 aliphatic heterocycles. The Labute approximate surface area is 110 Å².